The predicted molar refractivity (Wildman–Crippen MR) is 107 cm³/mol. The van der Waals surface area contributed by atoms with Crippen molar-refractivity contribution in [3.63, 3.8) is 0 Å². The van der Waals surface area contributed by atoms with Crippen LogP contribution in [0.25, 0.3) is 0 Å². The highest BCUT2D eigenvalue weighted by molar-refractivity contribution is 5.94. The van der Waals surface area contributed by atoms with E-state index in [1.807, 2.05) is 66.4 Å². The van der Waals surface area contributed by atoms with Crippen LogP contribution in [0.5, 0.6) is 0 Å². The van der Waals surface area contributed by atoms with Gasteiger partial charge in [0.2, 0.25) is 11.8 Å². The first-order valence-electron chi connectivity index (χ1n) is 9.45. The summed E-state index contributed by atoms with van der Waals surface area (Å²) in [6.07, 6.45) is 1.70. The number of anilines is 1. The number of carbonyl (C=O) groups excluding carboxylic acids is 2. The van der Waals surface area contributed by atoms with Crippen molar-refractivity contribution in [3.05, 3.63) is 65.7 Å². The molecule has 5 nitrogen and oxygen atoms in total. The average molecular weight is 365 g/mol. The number of amides is 2. The second-order valence-corrected chi connectivity index (χ2v) is 7.28. The number of primary amides is 1. The van der Waals surface area contributed by atoms with E-state index in [2.05, 4.69) is 4.90 Å². The van der Waals surface area contributed by atoms with Crippen LogP contribution < -0.4 is 10.6 Å². The molecular formula is C22H27N3O2. The van der Waals surface area contributed by atoms with Crippen molar-refractivity contribution in [2.24, 2.45) is 11.7 Å². The molecule has 0 aromatic heterocycles. The van der Waals surface area contributed by atoms with E-state index in [4.69, 9.17) is 5.73 Å². The van der Waals surface area contributed by atoms with E-state index >= 15 is 0 Å². The molecule has 5 heteroatoms. The summed E-state index contributed by atoms with van der Waals surface area (Å²) >= 11 is 0. The summed E-state index contributed by atoms with van der Waals surface area (Å²) in [7, 11) is 0. The molecule has 0 saturated carbocycles. The summed E-state index contributed by atoms with van der Waals surface area (Å²) in [4.78, 5) is 28.6. The Kier molecular flexibility index (Phi) is 6.24. The maximum atomic E-state index is 13.2. The van der Waals surface area contributed by atoms with Gasteiger partial charge in [0.15, 0.2) is 0 Å². The van der Waals surface area contributed by atoms with E-state index in [0.717, 1.165) is 36.2 Å². The Morgan fingerprint density at radius 2 is 1.93 bits per heavy atom. The fourth-order valence-corrected chi connectivity index (χ4v) is 3.59. The molecule has 0 unspecified atom stereocenters. The van der Waals surface area contributed by atoms with E-state index < -0.39 is 0 Å². The Bertz CT molecular complexity index is 791. The summed E-state index contributed by atoms with van der Waals surface area (Å²) in [5, 5.41) is 0. The van der Waals surface area contributed by atoms with Crippen LogP contribution in [0, 0.1) is 12.8 Å². The molecule has 2 aromatic rings. The molecule has 0 bridgehead atoms. The SMILES string of the molecule is Cc1cccc(N(Cc2ccccc2)C(=O)CN2CCC[C@H](C(N)=O)C2)c1. The number of aryl methyl sites for hydroxylation is 1. The second kappa shape index (κ2) is 8.82. The number of piperidine rings is 1. The number of nitrogens with zero attached hydrogens (tertiary/aromatic N) is 2. The van der Waals surface area contributed by atoms with Crippen LogP contribution >= 0.6 is 0 Å². The van der Waals surface area contributed by atoms with Gasteiger partial charge in [-0.25, -0.2) is 0 Å². The fourth-order valence-electron chi connectivity index (χ4n) is 3.59. The third kappa shape index (κ3) is 5.17. The molecule has 2 amide bonds. The number of likely N-dealkylation sites (tertiary alicyclic amines) is 1. The lowest BCUT2D eigenvalue weighted by Crippen LogP contribution is -2.46. The van der Waals surface area contributed by atoms with Crippen LogP contribution in [0.15, 0.2) is 54.6 Å². The molecule has 1 heterocycles. The normalized spacial score (nSPS) is 17.4. The third-order valence-corrected chi connectivity index (χ3v) is 5.06. The minimum atomic E-state index is -0.271. The summed E-state index contributed by atoms with van der Waals surface area (Å²) in [6.45, 7) is 4.23. The monoisotopic (exact) mass is 365 g/mol. The Labute approximate surface area is 160 Å². The van der Waals surface area contributed by atoms with Crippen LogP contribution in [0.2, 0.25) is 0 Å². The number of nitrogens with two attached hydrogens (primary N) is 1. The summed E-state index contributed by atoms with van der Waals surface area (Å²) in [5.41, 5.74) is 8.56. The molecule has 142 valence electrons. The number of rotatable bonds is 6. The summed E-state index contributed by atoms with van der Waals surface area (Å²) in [6, 6.07) is 18.0. The van der Waals surface area contributed by atoms with E-state index in [0.29, 0.717) is 19.6 Å². The zero-order chi connectivity index (χ0) is 19.2. The van der Waals surface area contributed by atoms with E-state index in [9.17, 15) is 9.59 Å². The molecule has 0 spiro atoms. The first-order chi connectivity index (χ1) is 13.0. The maximum Gasteiger partial charge on any atom is 0.241 e. The number of carbonyl (C=O) groups is 2. The second-order valence-electron chi connectivity index (χ2n) is 7.28. The molecule has 2 N–H and O–H groups in total. The highest BCUT2D eigenvalue weighted by Crippen LogP contribution is 2.21. The highest BCUT2D eigenvalue weighted by Gasteiger charge is 2.27. The third-order valence-electron chi connectivity index (χ3n) is 5.06. The van der Waals surface area contributed by atoms with Gasteiger partial charge in [0.05, 0.1) is 19.0 Å². The largest absolute Gasteiger partial charge is 0.369 e. The smallest absolute Gasteiger partial charge is 0.241 e. The van der Waals surface area contributed by atoms with Gasteiger partial charge in [-0.3, -0.25) is 14.5 Å². The first kappa shape index (κ1) is 19.1. The van der Waals surface area contributed by atoms with Gasteiger partial charge in [0, 0.05) is 12.2 Å². The zero-order valence-corrected chi connectivity index (χ0v) is 15.8. The van der Waals surface area contributed by atoms with Gasteiger partial charge in [-0.05, 0) is 49.6 Å². The minimum absolute atomic E-state index is 0.0366. The number of hydrogen-bond donors (Lipinski definition) is 1. The molecule has 0 aliphatic carbocycles. The van der Waals surface area contributed by atoms with Crippen molar-refractivity contribution >= 4 is 17.5 Å². The molecule has 3 rings (SSSR count). The zero-order valence-electron chi connectivity index (χ0n) is 15.8. The Morgan fingerprint density at radius 3 is 2.63 bits per heavy atom. The van der Waals surface area contributed by atoms with Gasteiger partial charge in [-0.2, -0.15) is 0 Å². The minimum Gasteiger partial charge on any atom is -0.369 e. The van der Waals surface area contributed by atoms with E-state index in [-0.39, 0.29) is 17.7 Å². The van der Waals surface area contributed by atoms with Crippen molar-refractivity contribution in [2.45, 2.75) is 26.3 Å². The van der Waals surface area contributed by atoms with Crippen LogP contribution in [-0.4, -0.2) is 36.3 Å². The van der Waals surface area contributed by atoms with Crippen molar-refractivity contribution in [3.8, 4) is 0 Å². The van der Waals surface area contributed by atoms with Gasteiger partial charge < -0.3 is 10.6 Å². The van der Waals surface area contributed by atoms with Crippen molar-refractivity contribution in [1.29, 1.82) is 0 Å². The van der Waals surface area contributed by atoms with Gasteiger partial charge >= 0.3 is 0 Å². The molecule has 27 heavy (non-hydrogen) atoms. The van der Waals surface area contributed by atoms with Gasteiger partial charge in [0.25, 0.3) is 0 Å². The first-order valence-corrected chi connectivity index (χ1v) is 9.45. The van der Waals surface area contributed by atoms with Gasteiger partial charge in [-0.15, -0.1) is 0 Å². The Morgan fingerprint density at radius 1 is 1.15 bits per heavy atom. The van der Waals surface area contributed by atoms with E-state index in [1.54, 1.807) is 0 Å². The van der Waals surface area contributed by atoms with Crippen LogP contribution in [0.4, 0.5) is 5.69 Å². The Balaban J connectivity index is 1.77. The standard InChI is InChI=1S/C22H27N3O2/c1-17-7-5-11-20(13-17)25(14-18-8-3-2-4-9-18)21(26)16-24-12-6-10-19(15-24)22(23)27/h2-5,7-9,11,13,19H,6,10,12,14-16H2,1H3,(H2,23,27)/t19-/m0/s1. The molecule has 1 aliphatic rings. The number of hydrogen-bond acceptors (Lipinski definition) is 3. The Hall–Kier alpha value is -2.66. The molecule has 1 atom stereocenters. The predicted octanol–water partition coefficient (Wildman–Crippen LogP) is 2.73. The summed E-state index contributed by atoms with van der Waals surface area (Å²) < 4.78 is 0. The molecule has 2 aromatic carbocycles. The van der Waals surface area contributed by atoms with Crippen molar-refractivity contribution in [1.82, 2.24) is 4.90 Å². The molecule has 1 aliphatic heterocycles. The lowest BCUT2D eigenvalue weighted by molar-refractivity contribution is -0.125. The maximum absolute atomic E-state index is 13.2. The molecule has 1 saturated heterocycles. The molecule has 1 fully saturated rings. The van der Waals surface area contributed by atoms with Crippen molar-refractivity contribution in [2.75, 3.05) is 24.5 Å². The van der Waals surface area contributed by atoms with E-state index in [1.165, 1.54) is 0 Å². The fraction of sp³-hybridized carbons (Fsp3) is 0.364. The topological polar surface area (TPSA) is 66.6 Å². The molecular weight excluding hydrogens is 338 g/mol. The lowest BCUT2D eigenvalue weighted by atomic mass is 9.97. The van der Waals surface area contributed by atoms with Crippen LogP contribution in [0.3, 0.4) is 0 Å². The summed E-state index contributed by atoms with van der Waals surface area (Å²) in [5.74, 6) is -0.394. The van der Waals surface area contributed by atoms with Crippen LogP contribution in [0.1, 0.15) is 24.0 Å². The number of benzene rings is 2. The van der Waals surface area contributed by atoms with Gasteiger partial charge in [-0.1, -0.05) is 42.5 Å². The quantitative estimate of drug-likeness (QED) is 0.856. The molecule has 0 radical (unpaired) electrons. The van der Waals surface area contributed by atoms with Crippen molar-refractivity contribution < 1.29 is 9.59 Å². The van der Waals surface area contributed by atoms with Gasteiger partial charge in [0.1, 0.15) is 0 Å². The van der Waals surface area contributed by atoms with Crippen LogP contribution in [-0.2, 0) is 16.1 Å². The average Bonchev–Trinajstić information content (AvgIpc) is 2.67. The lowest BCUT2D eigenvalue weighted by Gasteiger charge is -2.32. The highest BCUT2D eigenvalue weighted by atomic mass is 16.2.